The highest BCUT2D eigenvalue weighted by Gasteiger charge is 2.19. The lowest BCUT2D eigenvalue weighted by Gasteiger charge is -2.30. The summed E-state index contributed by atoms with van der Waals surface area (Å²) in [6.45, 7) is 4.14. The molecule has 1 aliphatic carbocycles. The van der Waals surface area contributed by atoms with Gasteiger partial charge in [-0.25, -0.2) is 4.39 Å². The molecule has 1 aromatic carbocycles. The fourth-order valence-corrected chi connectivity index (χ4v) is 3.90. The molecule has 0 amide bonds. The van der Waals surface area contributed by atoms with E-state index in [1.807, 2.05) is 6.07 Å². The van der Waals surface area contributed by atoms with E-state index in [0.717, 1.165) is 24.3 Å². The third kappa shape index (κ3) is 3.81. The normalized spacial score (nSPS) is 21.8. The van der Waals surface area contributed by atoms with Crippen molar-refractivity contribution in [1.29, 1.82) is 0 Å². The molecule has 1 heterocycles. The van der Waals surface area contributed by atoms with Crippen molar-refractivity contribution in [3.63, 3.8) is 0 Å². The van der Waals surface area contributed by atoms with Crippen LogP contribution >= 0.6 is 0 Å². The molecule has 1 aliphatic heterocycles. The van der Waals surface area contributed by atoms with Gasteiger partial charge in [0.05, 0.1) is 5.69 Å². The molecule has 0 bridgehead atoms. The van der Waals surface area contributed by atoms with Crippen molar-refractivity contribution in [2.75, 3.05) is 18.0 Å². The smallest absolute Gasteiger partial charge is 0.146 e. The molecule has 3 rings (SSSR count). The fourth-order valence-electron chi connectivity index (χ4n) is 3.90. The molecular formula is C19H29FN2. The maximum absolute atomic E-state index is 14.5. The highest BCUT2D eigenvalue weighted by Crippen LogP contribution is 2.27. The van der Waals surface area contributed by atoms with Gasteiger partial charge in [0.1, 0.15) is 5.82 Å². The zero-order chi connectivity index (χ0) is 15.4. The van der Waals surface area contributed by atoms with Crippen molar-refractivity contribution < 1.29 is 4.39 Å². The first-order valence-corrected chi connectivity index (χ1v) is 9.04. The number of anilines is 1. The molecule has 1 aromatic rings. The Balaban J connectivity index is 1.65. The summed E-state index contributed by atoms with van der Waals surface area (Å²) < 4.78 is 14.5. The molecule has 0 aromatic heterocycles. The van der Waals surface area contributed by atoms with Crippen molar-refractivity contribution in [2.45, 2.75) is 70.4 Å². The monoisotopic (exact) mass is 304 g/mol. The lowest BCUT2D eigenvalue weighted by atomic mass is 9.94. The van der Waals surface area contributed by atoms with Crippen molar-refractivity contribution in [2.24, 2.45) is 0 Å². The van der Waals surface area contributed by atoms with Gasteiger partial charge < -0.3 is 10.2 Å². The number of nitrogens with one attached hydrogen (secondary N) is 1. The zero-order valence-electron chi connectivity index (χ0n) is 13.8. The van der Waals surface area contributed by atoms with E-state index in [9.17, 15) is 4.39 Å². The zero-order valence-corrected chi connectivity index (χ0v) is 13.8. The molecule has 3 heteroatoms. The number of nitrogens with zero attached hydrogens (tertiary/aromatic N) is 1. The Bertz CT molecular complexity index is 476. The molecule has 1 saturated carbocycles. The summed E-state index contributed by atoms with van der Waals surface area (Å²) in [5.74, 6) is -0.0586. The maximum atomic E-state index is 14.5. The van der Waals surface area contributed by atoms with Gasteiger partial charge in [-0.05, 0) is 56.7 Å². The summed E-state index contributed by atoms with van der Waals surface area (Å²) in [6, 6.07) is 6.66. The molecule has 2 fully saturated rings. The maximum Gasteiger partial charge on any atom is 0.146 e. The highest BCUT2D eigenvalue weighted by atomic mass is 19.1. The Hall–Kier alpha value is -1.09. The minimum atomic E-state index is -0.0586. The van der Waals surface area contributed by atoms with Crippen molar-refractivity contribution in [1.82, 2.24) is 5.32 Å². The fraction of sp³-hybridized carbons (Fsp3) is 0.684. The van der Waals surface area contributed by atoms with E-state index in [-0.39, 0.29) is 11.9 Å². The Morgan fingerprint density at radius 1 is 1.05 bits per heavy atom. The number of rotatable bonds is 4. The Labute approximate surface area is 134 Å². The van der Waals surface area contributed by atoms with Crippen LogP contribution in [0.25, 0.3) is 0 Å². The molecule has 122 valence electrons. The number of hydrogen-bond donors (Lipinski definition) is 1. The second-order valence-electron chi connectivity index (χ2n) is 6.98. The molecular weight excluding hydrogens is 275 g/mol. The highest BCUT2D eigenvalue weighted by molar-refractivity contribution is 5.49. The summed E-state index contributed by atoms with van der Waals surface area (Å²) in [5, 5.41) is 3.68. The van der Waals surface area contributed by atoms with Crippen LogP contribution in [0.15, 0.2) is 18.2 Å². The third-order valence-corrected chi connectivity index (χ3v) is 5.26. The van der Waals surface area contributed by atoms with Crippen LogP contribution in [0.2, 0.25) is 0 Å². The summed E-state index contributed by atoms with van der Waals surface area (Å²) >= 11 is 0. The van der Waals surface area contributed by atoms with Gasteiger partial charge in [0.15, 0.2) is 0 Å². The average molecular weight is 304 g/mol. The first kappa shape index (κ1) is 15.8. The van der Waals surface area contributed by atoms with Gasteiger partial charge in [-0.2, -0.15) is 0 Å². The van der Waals surface area contributed by atoms with E-state index < -0.39 is 0 Å². The Morgan fingerprint density at radius 3 is 2.41 bits per heavy atom. The van der Waals surface area contributed by atoms with Gasteiger partial charge >= 0.3 is 0 Å². The van der Waals surface area contributed by atoms with Crippen molar-refractivity contribution in [3.8, 4) is 0 Å². The second-order valence-corrected chi connectivity index (χ2v) is 6.98. The van der Waals surface area contributed by atoms with Crippen LogP contribution in [0.5, 0.6) is 0 Å². The molecule has 0 spiro atoms. The number of halogens is 1. The lowest BCUT2D eigenvalue weighted by molar-refractivity contribution is 0.346. The van der Waals surface area contributed by atoms with E-state index in [2.05, 4.69) is 23.2 Å². The van der Waals surface area contributed by atoms with Crippen LogP contribution in [-0.4, -0.2) is 19.1 Å². The van der Waals surface area contributed by atoms with Crippen LogP contribution in [0.1, 0.15) is 69.9 Å². The topological polar surface area (TPSA) is 15.3 Å². The standard InChI is InChI=1S/C19H29FN2/c1-15(21-17-8-4-2-5-9-17)16-10-11-19(18(20)14-16)22-12-6-3-7-13-22/h10-11,14-15,17,21H,2-9,12-13H2,1H3/t15-/m1/s1. The average Bonchev–Trinajstić information content (AvgIpc) is 2.56. The van der Waals surface area contributed by atoms with Crippen LogP contribution < -0.4 is 10.2 Å². The van der Waals surface area contributed by atoms with Gasteiger partial charge in [-0.3, -0.25) is 0 Å². The number of benzene rings is 1. The van der Waals surface area contributed by atoms with Gasteiger partial charge in [-0.1, -0.05) is 25.3 Å². The largest absolute Gasteiger partial charge is 0.369 e. The van der Waals surface area contributed by atoms with Gasteiger partial charge in [0, 0.05) is 25.2 Å². The Kier molecular flexibility index (Phi) is 5.35. The van der Waals surface area contributed by atoms with Gasteiger partial charge in [0.2, 0.25) is 0 Å². The summed E-state index contributed by atoms with van der Waals surface area (Å²) in [5.41, 5.74) is 1.86. The first-order chi connectivity index (χ1) is 10.7. The first-order valence-electron chi connectivity index (χ1n) is 9.04. The van der Waals surface area contributed by atoms with Crippen LogP contribution in [0.4, 0.5) is 10.1 Å². The number of piperidine rings is 1. The molecule has 0 unspecified atom stereocenters. The van der Waals surface area contributed by atoms with Gasteiger partial charge in [0.25, 0.3) is 0 Å². The molecule has 2 aliphatic rings. The molecule has 1 N–H and O–H groups in total. The molecule has 22 heavy (non-hydrogen) atoms. The summed E-state index contributed by atoms with van der Waals surface area (Å²) in [7, 11) is 0. The predicted molar refractivity (Wildman–Crippen MR) is 90.9 cm³/mol. The van der Waals surface area contributed by atoms with E-state index in [4.69, 9.17) is 0 Å². The van der Waals surface area contributed by atoms with Crippen LogP contribution in [-0.2, 0) is 0 Å². The van der Waals surface area contributed by atoms with E-state index >= 15 is 0 Å². The van der Waals surface area contributed by atoms with Crippen molar-refractivity contribution in [3.05, 3.63) is 29.6 Å². The number of hydrogen-bond acceptors (Lipinski definition) is 2. The van der Waals surface area contributed by atoms with E-state index in [1.54, 1.807) is 6.07 Å². The van der Waals surface area contributed by atoms with Crippen molar-refractivity contribution >= 4 is 5.69 Å². The molecule has 1 atom stereocenters. The predicted octanol–water partition coefficient (Wildman–Crippen LogP) is 4.80. The quantitative estimate of drug-likeness (QED) is 0.859. The van der Waals surface area contributed by atoms with E-state index in [1.165, 1.54) is 51.4 Å². The SMILES string of the molecule is C[C@@H](NC1CCCCC1)c1ccc(N2CCCCC2)c(F)c1. The second kappa shape index (κ2) is 7.45. The third-order valence-electron chi connectivity index (χ3n) is 5.26. The molecule has 0 radical (unpaired) electrons. The van der Waals surface area contributed by atoms with Crippen LogP contribution in [0, 0.1) is 5.82 Å². The van der Waals surface area contributed by atoms with Crippen LogP contribution in [0.3, 0.4) is 0 Å². The lowest BCUT2D eigenvalue weighted by Crippen LogP contribution is -2.33. The molecule has 1 saturated heterocycles. The molecule has 2 nitrogen and oxygen atoms in total. The minimum Gasteiger partial charge on any atom is -0.369 e. The van der Waals surface area contributed by atoms with E-state index in [0.29, 0.717) is 6.04 Å². The Morgan fingerprint density at radius 2 is 1.73 bits per heavy atom. The summed E-state index contributed by atoms with van der Waals surface area (Å²) in [6.07, 6.45) is 10.2. The summed E-state index contributed by atoms with van der Waals surface area (Å²) in [4.78, 5) is 2.20. The van der Waals surface area contributed by atoms with Gasteiger partial charge in [-0.15, -0.1) is 0 Å². The minimum absolute atomic E-state index is 0.0586.